The van der Waals surface area contributed by atoms with Crippen LogP contribution in [-0.4, -0.2) is 4.57 Å². The van der Waals surface area contributed by atoms with Gasteiger partial charge in [-0.05, 0) is 87.3 Å². The van der Waals surface area contributed by atoms with E-state index in [1.54, 1.807) is 0 Å². The van der Waals surface area contributed by atoms with Crippen LogP contribution in [-0.2, 0) is 0 Å². The number of para-hydroxylation sites is 2. The number of fused-ring (bicyclic) bond motifs is 11. The van der Waals surface area contributed by atoms with E-state index < -0.39 is 0 Å². The van der Waals surface area contributed by atoms with Crippen molar-refractivity contribution >= 4 is 93.1 Å². The Labute approximate surface area is 328 Å². The fourth-order valence-corrected chi connectivity index (χ4v) is 9.06. The summed E-state index contributed by atoms with van der Waals surface area (Å²) in [6.07, 6.45) is 0. The van der Waals surface area contributed by atoms with E-state index in [-0.39, 0.29) is 0 Å². The normalized spacial score (nSPS) is 11.9. The highest BCUT2D eigenvalue weighted by Crippen LogP contribution is 2.47. The van der Waals surface area contributed by atoms with Gasteiger partial charge in [0.15, 0.2) is 0 Å². The van der Waals surface area contributed by atoms with Gasteiger partial charge in [0.2, 0.25) is 0 Å². The first kappa shape index (κ1) is 31.7. The first-order valence-corrected chi connectivity index (χ1v) is 19.5. The Hall–Kier alpha value is -7.62. The minimum absolute atomic E-state index is 0.884. The molecule has 0 saturated heterocycles. The Bertz CT molecular complexity index is 3520. The molecule has 0 fully saturated rings. The van der Waals surface area contributed by atoms with Gasteiger partial charge in [-0.1, -0.05) is 152 Å². The quantitative estimate of drug-likeness (QED) is 0.176. The molecular formula is C54H34N2O. The van der Waals surface area contributed by atoms with Crippen LogP contribution in [0.15, 0.2) is 211 Å². The smallest absolute Gasteiger partial charge is 0.145 e. The zero-order chi connectivity index (χ0) is 37.5. The Balaban J connectivity index is 1.06. The molecule has 57 heavy (non-hydrogen) atoms. The van der Waals surface area contributed by atoms with Crippen molar-refractivity contribution in [3.63, 3.8) is 0 Å². The summed E-state index contributed by atoms with van der Waals surface area (Å²) in [5, 5.41) is 11.9. The summed E-state index contributed by atoms with van der Waals surface area (Å²) >= 11 is 0. The van der Waals surface area contributed by atoms with Crippen LogP contribution in [0.1, 0.15) is 0 Å². The lowest BCUT2D eigenvalue weighted by Crippen LogP contribution is -2.10. The van der Waals surface area contributed by atoms with Crippen molar-refractivity contribution in [3.05, 3.63) is 206 Å². The maximum Gasteiger partial charge on any atom is 0.145 e. The average molecular weight is 727 g/mol. The lowest BCUT2D eigenvalue weighted by molar-refractivity contribution is 0.672. The molecule has 2 aromatic heterocycles. The van der Waals surface area contributed by atoms with Gasteiger partial charge in [0.05, 0.1) is 22.1 Å². The lowest BCUT2D eigenvalue weighted by atomic mass is 10.00. The SMILES string of the molecule is c1ccc(-n2c3cc(-c4ccc(N(c5ccc6ccccc6c5)c5cc6ccccc6c6oc7ccccc7c56)cc4)ccc3c3ccc4ccccc4c32)cc1. The van der Waals surface area contributed by atoms with Crippen molar-refractivity contribution in [2.75, 3.05) is 4.90 Å². The minimum atomic E-state index is 0.884. The third kappa shape index (κ3) is 4.92. The average Bonchev–Trinajstić information content (AvgIpc) is 3.84. The summed E-state index contributed by atoms with van der Waals surface area (Å²) in [7, 11) is 0. The number of hydrogen-bond acceptors (Lipinski definition) is 2. The number of benzene rings is 10. The molecule has 0 amide bonds. The van der Waals surface area contributed by atoms with Crippen molar-refractivity contribution in [2.24, 2.45) is 0 Å². The molecule has 0 atom stereocenters. The van der Waals surface area contributed by atoms with Gasteiger partial charge in [-0.15, -0.1) is 0 Å². The lowest BCUT2D eigenvalue weighted by Gasteiger charge is -2.27. The van der Waals surface area contributed by atoms with Gasteiger partial charge in [-0.25, -0.2) is 0 Å². The molecule has 266 valence electrons. The van der Waals surface area contributed by atoms with Crippen molar-refractivity contribution < 1.29 is 4.42 Å². The number of rotatable bonds is 5. The van der Waals surface area contributed by atoms with E-state index in [0.29, 0.717) is 0 Å². The molecule has 0 unspecified atom stereocenters. The topological polar surface area (TPSA) is 21.3 Å². The van der Waals surface area contributed by atoms with Crippen molar-refractivity contribution in [1.82, 2.24) is 4.57 Å². The Morgan fingerprint density at radius 1 is 0.386 bits per heavy atom. The second-order valence-electron chi connectivity index (χ2n) is 14.9. The van der Waals surface area contributed by atoms with Crippen molar-refractivity contribution in [1.29, 1.82) is 0 Å². The molecule has 0 aliphatic rings. The standard InChI is InChI=1S/C54H34N2O/c1-2-16-41(17-3-1)56-49-33-39(26-30-46(49)47-31-25-37-13-6-8-18-44(37)53(47)56)36-22-27-42(28-23-36)55(43-29-24-35-12-4-5-14-38(35)32-43)50-34-40-15-7-9-19-45(40)54-52(50)48-20-10-11-21-51(48)57-54/h1-34H. The van der Waals surface area contributed by atoms with Crippen LogP contribution in [0.3, 0.4) is 0 Å². The molecule has 0 aliphatic carbocycles. The minimum Gasteiger partial charge on any atom is -0.455 e. The zero-order valence-corrected chi connectivity index (χ0v) is 30.9. The summed E-state index contributed by atoms with van der Waals surface area (Å²) in [6, 6.07) is 74.5. The molecular weight excluding hydrogens is 693 g/mol. The highest BCUT2D eigenvalue weighted by Gasteiger charge is 2.22. The molecule has 0 N–H and O–H groups in total. The molecule has 3 nitrogen and oxygen atoms in total. The summed E-state index contributed by atoms with van der Waals surface area (Å²) in [5.74, 6) is 0. The van der Waals surface area contributed by atoms with Crippen LogP contribution in [0.2, 0.25) is 0 Å². The molecule has 0 bridgehead atoms. The second kappa shape index (κ2) is 12.5. The van der Waals surface area contributed by atoms with Gasteiger partial charge in [-0.3, -0.25) is 0 Å². The molecule has 0 radical (unpaired) electrons. The van der Waals surface area contributed by atoms with E-state index in [1.165, 1.54) is 48.9 Å². The summed E-state index contributed by atoms with van der Waals surface area (Å²) in [6.45, 7) is 0. The van der Waals surface area contributed by atoms with E-state index in [0.717, 1.165) is 61.0 Å². The summed E-state index contributed by atoms with van der Waals surface area (Å²) < 4.78 is 9.11. The van der Waals surface area contributed by atoms with Gasteiger partial charge in [0.1, 0.15) is 11.2 Å². The van der Waals surface area contributed by atoms with Crippen LogP contribution < -0.4 is 4.90 Å². The van der Waals surface area contributed by atoms with Crippen LogP contribution in [0.5, 0.6) is 0 Å². The molecule has 12 rings (SSSR count). The maximum absolute atomic E-state index is 6.67. The Kier molecular flexibility index (Phi) is 6.93. The van der Waals surface area contributed by atoms with Gasteiger partial charge >= 0.3 is 0 Å². The van der Waals surface area contributed by atoms with Gasteiger partial charge < -0.3 is 13.9 Å². The molecule has 3 heteroatoms. The Morgan fingerprint density at radius 2 is 1.02 bits per heavy atom. The van der Waals surface area contributed by atoms with Crippen LogP contribution in [0.25, 0.3) is 92.9 Å². The third-order valence-electron chi connectivity index (χ3n) is 11.7. The number of hydrogen-bond donors (Lipinski definition) is 0. The highest BCUT2D eigenvalue weighted by atomic mass is 16.3. The number of anilines is 3. The molecule has 12 aromatic rings. The molecule has 10 aromatic carbocycles. The molecule has 0 aliphatic heterocycles. The van der Waals surface area contributed by atoms with Crippen LogP contribution in [0.4, 0.5) is 17.1 Å². The fraction of sp³-hybridized carbons (Fsp3) is 0. The Morgan fingerprint density at radius 3 is 1.86 bits per heavy atom. The van der Waals surface area contributed by atoms with Gasteiger partial charge in [-0.2, -0.15) is 0 Å². The van der Waals surface area contributed by atoms with E-state index in [1.807, 2.05) is 6.07 Å². The first-order chi connectivity index (χ1) is 28.3. The third-order valence-corrected chi connectivity index (χ3v) is 11.7. The predicted octanol–water partition coefficient (Wildman–Crippen LogP) is 15.3. The van der Waals surface area contributed by atoms with E-state index in [2.05, 4.69) is 210 Å². The monoisotopic (exact) mass is 726 g/mol. The van der Waals surface area contributed by atoms with E-state index in [9.17, 15) is 0 Å². The maximum atomic E-state index is 6.67. The zero-order valence-electron chi connectivity index (χ0n) is 30.9. The number of furan rings is 1. The van der Waals surface area contributed by atoms with Crippen molar-refractivity contribution in [3.8, 4) is 16.8 Å². The van der Waals surface area contributed by atoms with Crippen molar-refractivity contribution in [2.45, 2.75) is 0 Å². The van der Waals surface area contributed by atoms with Gasteiger partial charge in [0.25, 0.3) is 0 Å². The van der Waals surface area contributed by atoms with Crippen LogP contribution >= 0.6 is 0 Å². The highest BCUT2D eigenvalue weighted by molar-refractivity contribution is 6.22. The number of nitrogens with zero attached hydrogens (tertiary/aromatic N) is 2. The number of aromatic nitrogens is 1. The van der Waals surface area contributed by atoms with Gasteiger partial charge in [0, 0.05) is 44.0 Å². The van der Waals surface area contributed by atoms with E-state index >= 15 is 0 Å². The first-order valence-electron chi connectivity index (χ1n) is 19.5. The molecule has 0 saturated carbocycles. The largest absolute Gasteiger partial charge is 0.455 e. The summed E-state index contributed by atoms with van der Waals surface area (Å²) in [5.41, 5.74) is 10.9. The predicted molar refractivity (Wildman–Crippen MR) is 241 cm³/mol. The van der Waals surface area contributed by atoms with E-state index in [4.69, 9.17) is 4.42 Å². The molecule has 2 heterocycles. The van der Waals surface area contributed by atoms with Crippen LogP contribution in [0, 0.1) is 0 Å². The fourth-order valence-electron chi connectivity index (χ4n) is 9.06. The molecule has 0 spiro atoms. The summed E-state index contributed by atoms with van der Waals surface area (Å²) in [4.78, 5) is 2.40. The second-order valence-corrected chi connectivity index (χ2v) is 14.9.